The summed E-state index contributed by atoms with van der Waals surface area (Å²) in [6.07, 6.45) is 3.15. The van der Waals surface area contributed by atoms with Crippen LogP contribution in [-0.2, 0) is 14.9 Å². The van der Waals surface area contributed by atoms with E-state index in [1.54, 1.807) is 0 Å². The first-order valence-corrected chi connectivity index (χ1v) is 9.64. The number of esters is 1. The molecule has 0 radical (unpaired) electrons. The molecule has 5 aliphatic heterocycles. The van der Waals surface area contributed by atoms with E-state index in [2.05, 4.69) is 35.3 Å². The Bertz CT molecular complexity index is 867. The summed E-state index contributed by atoms with van der Waals surface area (Å²) in [5, 5.41) is 15.6. The smallest absolute Gasteiger partial charge is 0.316 e. The highest BCUT2D eigenvalue weighted by molar-refractivity contribution is 5.84. The van der Waals surface area contributed by atoms with Gasteiger partial charge in [-0.3, -0.25) is 9.69 Å². The lowest BCUT2D eigenvalue weighted by Gasteiger charge is -2.60. The Kier molecular flexibility index (Phi) is 2.65. The van der Waals surface area contributed by atoms with Crippen molar-refractivity contribution in [2.24, 2.45) is 11.3 Å². The number of nitrogens with zero attached hydrogens (tertiary/aromatic N) is 1. The molecule has 1 aromatic rings. The highest BCUT2D eigenvalue weighted by Crippen LogP contribution is 2.71. The maximum absolute atomic E-state index is 13.2. The van der Waals surface area contributed by atoms with Gasteiger partial charge in [0.25, 0.3) is 0 Å². The molecule has 26 heavy (non-hydrogen) atoms. The lowest BCUT2D eigenvalue weighted by atomic mass is 9.58. The summed E-state index contributed by atoms with van der Waals surface area (Å²) in [4.78, 5) is 15.7. The van der Waals surface area contributed by atoms with Crippen molar-refractivity contribution in [3.05, 3.63) is 41.5 Å². The molecule has 136 valence electrons. The molecule has 0 amide bonds. The molecule has 1 aliphatic carbocycles. The predicted octanol–water partition coefficient (Wildman–Crippen LogP) is 1.68. The number of piperidine rings is 4. The zero-order valence-electron chi connectivity index (χ0n) is 15.1. The number of carbonyl (C=O) groups excluding carboxylic acids is 1. The summed E-state index contributed by atoms with van der Waals surface area (Å²) in [5.74, 6) is -0.154. The van der Waals surface area contributed by atoms with Gasteiger partial charge in [-0.15, -0.1) is 0 Å². The van der Waals surface area contributed by atoms with Gasteiger partial charge in [0.1, 0.15) is 5.41 Å². The van der Waals surface area contributed by atoms with Gasteiger partial charge >= 0.3 is 5.97 Å². The largest absolute Gasteiger partial charge is 0.468 e. The molecule has 5 fully saturated rings. The zero-order valence-corrected chi connectivity index (χ0v) is 15.1. The van der Waals surface area contributed by atoms with Gasteiger partial charge in [0.15, 0.2) is 0 Å². The van der Waals surface area contributed by atoms with Crippen molar-refractivity contribution in [2.75, 3.05) is 19.0 Å². The van der Waals surface area contributed by atoms with Crippen LogP contribution in [0.15, 0.2) is 35.9 Å². The van der Waals surface area contributed by atoms with Crippen molar-refractivity contribution >= 4 is 11.7 Å². The van der Waals surface area contributed by atoms with Crippen molar-refractivity contribution in [1.29, 1.82) is 0 Å². The third kappa shape index (κ3) is 1.28. The molecule has 6 aliphatic rings. The maximum Gasteiger partial charge on any atom is 0.316 e. The molecule has 1 spiro atoms. The van der Waals surface area contributed by atoms with Crippen LogP contribution < -0.4 is 5.32 Å². The molecule has 5 heteroatoms. The summed E-state index contributed by atoms with van der Waals surface area (Å²) in [5.41, 5.74) is 2.34. The van der Waals surface area contributed by atoms with E-state index in [4.69, 9.17) is 4.74 Å². The molecule has 8 atom stereocenters. The van der Waals surface area contributed by atoms with Gasteiger partial charge in [-0.25, -0.2) is 0 Å². The zero-order chi connectivity index (χ0) is 17.8. The minimum atomic E-state index is -0.848. The first-order valence-electron chi connectivity index (χ1n) is 9.64. The fourth-order valence-electron chi connectivity index (χ4n) is 7.49. The van der Waals surface area contributed by atoms with Crippen LogP contribution in [0.1, 0.15) is 25.3 Å². The number of hydrogen-bond acceptors (Lipinski definition) is 5. The minimum Gasteiger partial charge on any atom is -0.468 e. The van der Waals surface area contributed by atoms with E-state index < -0.39 is 16.9 Å². The molecule has 7 rings (SSSR count). The van der Waals surface area contributed by atoms with Crippen LogP contribution in [0.5, 0.6) is 0 Å². The molecule has 5 bridgehead atoms. The first-order chi connectivity index (χ1) is 12.6. The van der Waals surface area contributed by atoms with Crippen LogP contribution in [0.25, 0.3) is 0 Å². The highest BCUT2D eigenvalue weighted by atomic mass is 16.5. The summed E-state index contributed by atoms with van der Waals surface area (Å²) in [7, 11) is 1.46. The highest BCUT2D eigenvalue weighted by Gasteiger charge is 2.82. The van der Waals surface area contributed by atoms with Gasteiger partial charge in [-0.2, -0.15) is 0 Å². The molecule has 1 saturated carbocycles. The monoisotopic (exact) mass is 352 g/mol. The molecule has 4 saturated heterocycles. The molecule has 1 unspecified atom stereocenters. The Morgan fingerprint density at radius 3 is 3.00 bits per heavy atom. The van der Waals surface area contributed by atoms with Gasteiger partial charge in [-0.1, -0.05) is 29.8 Å². The average Bonchev–Trinajstić information content (AvgIpc) is 3.13. The van der Waals surface area contributed by atoms with Crippen molar-refractivity contribution in [1.82, 2.24) is 4.90 Å². The molecule has 1 aromatic carbocycles. The Morgan fingerprint density at radius 1 is 1.42 bits per heavy atom. The number of allylic oxidation sites excluding steroid dienone is 1. The Labute approximate surface area is 153 Å². The van der Waals surface area contributed by atoms with Crippen molar-refractivity contribution in [3.8, 4) is 0 Å². The third-order valence-corrected chi connectivity index (χ3v) is 8.30. The van der Waals surface area contributed by atoms with Gasteiger partial charge in [0, 0.05) is 35.6 Å². The molecule has 2 N–H and O–H groups in total. The van der Waals surface area contributed by atoms with Gasteiger partial charge in [-0.05, 0) is 31.4 Å². The molecular weight excluding hydrogens is 328 g/mol. The number of carbonyl (C=O) groups is 1. The van der Waals surface area contributed by atoms with Crippen molar-refractivity contribution in [2.45, 2.75) is 49.4 Å². The summed E-state index contributed by atoms with van der Waals surface area (Å²) in [6.45, 7) is 2.96. The Balaban J connectivity index is 1.65. The Morgan fingerprint density at radius 2 is 2.23 bits per heavy atom. The van der Waals surface area contributed by atoms with Crippen molar-refractivity contribution < 1.29 is 14.6 Å². The van der Waals surface area contributed by atoms with E-state index in [-0.39, 0.29) is 24.0 Å². The topological polar surface area (TPSA) is 61.8 Å². The molecular formula is C21H24N2O3. The number of methoxy groups -OCH3 is 1. The number of ether oxygens (including phenoxy) is 1. The van der Waals surface area contributed by atoms with Crippen LogP contribution in [0.2, 0.25) is 0 Å². The van der Waals surface area contributed by atoms with Crippen LogP contribution in [0, 0.1) is 11.3 Å². The number of hydrogen-bond donors (Lipinski definition) is 2. The minimum absolute atomic E-state index is 0.0570. The number of rotatable bonds is 1. The summed E-state index contributed by atoms with van der Waals surface area (Å²) in [6, 6.07) is 8.89. The van der Waals surface area contributed by atoms with E-state index in [9.17, 15) is 9.90 Å². The van der Waals surface area contributed by atoms with Gasteiger partial charge in [0.2, 0.25) is 0 Å². The van der Waals surface area contributed by atoms with Crippen LogP contribution >= 0.6 is 0 Å². The van der Waals surface area contributed by atoms with Gasteiger partial charge in [0.05, 0.1) is 19.3 Å². The second-order valence-electron chi connectivity index (χ2n) is 8.65. The fourth-order valence-corrected chi connectivity index (χ4v) is 7.49. The van der Waals surface area contributed by atoms with Crippen LogP contribution in [-0.4, -0.2) is 53.9 Å². The lowest BCUT2D eigenvalue weighted by molar-refractivity contribution is -0.179. The number of aliphatic hydroxyl groups is 1. The summed E-state index contributed by atoms with van der Waals surface area (Å²) < 4.78 is 5.34. The Hall–Kier alpha value is -1.85. The second-order valence-corrected chi connectivity index (χ2v) is 8.65. The van der Waals surface area contributed by atoms with Crippen LogP contribution in [0.3, 0.4) is 0 Å². The number of fused-ring (bicyclic) bond motifs is 2. The predicted molar refractivity (Wildman–Crippen MR) is 96.7 cm³/mol. The lowest BCUT2D eigenvalue weighted by Crippen LogP contribution is -2.71. The van der Waals surface area contributed by atoms with E-state index in [1.807, 2.05) is 12.1 Å². The SMILES string of the molecule is CC=C1CN2[C@H]3C[C@@]45c6ccccc6N[C@H]4[C@@H]2C[C@@H]1[C@]3(C(=O)OC)[C@H]5O. The molecule has 5 nitrogen and oxygen atoms in total. The summed E-state index contributed by atoms with van der Waals surface area (Å²) >= 11 is 0. The first kappa shape index (κ1) is 15.2. The van der Waals surface area contributed by atoms with E-state index in [0.29, 0.717) is 6.04 Å². The maximum atomic E-state index is 13.2. The van der Waals surface area contributed by atoms with E-state index >= 15 is 0 Å². The fraction of sp³-hybridized carbons (Fsp3) is 0.571. The molecule has 0 aromatic heterocycles. The van der Waals surface area contributed by atoms with E-state index in [1.165, 1.54) is 18.2 Å². The number of nitrogens with one attached hydrogen (secondary N) is 1. The van der Waals surface area contributed by atoms with Gasteiger partial charge < -0.3 is 15.2 Å². The van der Waals surface area contributed by atoms with E-state index in [0.717, 1.165) is 25.1 Å². The average molecular weight is 352 g/mol. The number of aliphatic hydroxyl groups excluding tert-OH is 1. The standard InChI is InChI=1S/C21H24N2O3/c1-3-11-10-23-15-8-13(11)21(19(25)26-2)16(23)9-20(18(21)24)12-6-4-5-7-14(12)22-17(15)20/h3-7,13,15-18,22,24H,8-10H2,1-2H3/t13-,15-,16-,17-,18-,20+,21+/m0/s1. The molecule has 5 heterocycles. The second kappa shape index (κ2) is 4.52. The third-order valence-electron chi connectivity index (χ3n) is 8.30. The number of anilines is 1. The normalized spacial score (nSPS) is 50.5. The number of para-hydroxylation sites is 1. The van der Waals surface area contributed by atoms with Crippen molar-refractivity contribution in [3.63, 3.8) is 0 Å². The number of benzene rings is 1. The quantitative estimate of drug-likeness (QED) is 0.595. The van der Waals surface area contributed by atoms with Crippen LogP contribution in [0.4, 0.5) is 5.69 Å².